The molecule has 0 spiro atoms. The second kappa shape index (κ2) is 2.88. The second-order valence-corrected chi connectivity index (χ2v) is 2.72. The van der Waals surface area contributed by atoms with E-state index in [0.717, 1.165) is 11.1 Å². The van der Waals surface area contributed by atoms with E-state index < -0.39 is 0 Å². The first-order valence-corrected chi connectivity index (χ1v) is 3.56. The van der Waals surface area contributed by atoms with Crippen molar-refractivity contribution >= 4 is 0 Å². The maximum absolute atomic E-state index is 10.8. The lowest BCUT2D eigenvalue weighted by molar-refractivity contribution is 0.801. The average molecular weight is 152 g/mol. The Kier molecular flexibility index (Phi) is 2.10. The third kappa shape index (κ3) is 1.68. The molecule has 0 aliphatic heterocycles. The molecule has 0 aliphatic rings. The van der Waals surface area contributed by atoms with Crippen molar-refractivity contribution in [1.29, 1.82) is 0 Å². The molecule has 0 bridgehead atoms. The van der Waals surface area contributed by atoms with Crippen LogP contribution in [-0.2, 0) is 0 Å². The first-order chi connectivity index (χ1) is 5.11. The van der Waals surface area contributed by atoms with Gasteiger partial charge in [0.05, 0.1) is 0 Å². The van der Waals surface area contributed by atoms with Gasteiger partial charge in [0.25, 0.3) is 0 Å². The van der Waals surface area contributed by atoms with Gasteiger partial charge < -0.3 is 10.7 Å². The molecule has 3 N–H and O–H groups in total. The molecule has 3 nitrogen and oxygen atoms in total. The predicted molar refractivity (Wildman–Crippen MR) is 44.4 cm³/mol. The summed E-state index contributed by atoms with van der Waals surface area (Å²) in [6.07, 6.45) is 1.67. The van der Waals surface area contributed by atoms with Crippen molar-refractivity contribution in [3.8, 4) is 0 Å². The number of H-pyrrole nitrogens is 1. The van der Waals surface area contributed by atoms with Crippen LogP contribution in [0, 0.1) is 6.92 Å². The number of hydrogen-bond donors (Lipinski definition) is 2. The number of pyridine rings is 1. The van der Waals surface area contributed by atoms with Crippen LogP contribution in [-0.4, -0.2) is 4.98 Å². The van der Waals surface area contributed by atoms with Crippen LogP contribution < -0.4 is 11.3 Å². The monoisotopic (exact) mass is 152 g/mol. The van der Waals surface area contributed by atoms with Gasteiger partial charge in [-0.1, -0.05) is 0 Å². The van der Waals surface area contributed by atoms with E-state index in [1.807, 2.05) is 13.8 Å². The summed E-state index contributed by atoms with van der Waals surface area (Å²) >= 11 is 0. The summed E-state index contributed by atoms with van der Waals surface area (Å²) in [4.78, 5) is 13.4. The lowest BCUT2D eigenvalue weighted by Gasteiger charge is -2.07. The highest BCUT2D eigenvalue weighted by Crippen LogP contribution is 2.10. The van der Waals surface area contributed by atoms with Crippen LogP contribution in [0.5, 0.6) is 0 Å². The third-order valence-corrected chi connectivity index (χ3v) is 1.66. The first kappa shape index (κ1) is 8.01. The Hall–Kier alpha value is -1.09. The zero-order valence-electron chi connectivity index (χ0n) is 6.72. The van der Waals surface area contributed by atoms with Crippen molar-refractivity contribution in [2.45, 2.75) is 19.9 Å². The van der Waals surface area contributed by atoms with Gasteiger partial charge in [-0.05, 0) is 25.0 Å². The quantitative estimate of drug-likeness (QED) is 0.622. The smallest absolute Gasteiger partial charge is 0.248 e. The van der Waals surface area contributed by atoms with Crippen LogP contribution in [0.15, 0.2) is 17.1 Å². The molecule has 60 valence electrons. The number of hydrogen-bond acceptors (Lipinski definition) is 2. The Labute approximate surface area is 65.2 Å². The SMILES string of the molecule is Cc1cc(=O)[nH]cc1C(C)N. The van der Waals surface area contributed by atoms with Crippen molar-refractivity contribution in [3.63, 3.8) is 0 Å². The van der Waals surface area contributed by atoms with Gasteiger partial charge in [-0.15, -0.1) is 0 Å². The van der Waals surface area contributed by atoms with Gasteiger partial charge >= 0.3 is 0 Å². The minimum atomic E-state index is -0.0769. The number of rotatable bonds is 1. The summed E-state index contributed by atoms with van der Waals surface area (Å²) in [6, 6.07) is 1.53. The number of nitrogens with two attached hydrogens (primary N) is 1. The summed E-state index contributed by atoms with van der Waals surface area (Å²) in [5.41, 5.74) is 7.50. The van der Waals surface area contributed by atoms with Gasteiger partial charge in [-0.25, -0.2) is 0 Å². The molecule has 0 amide bonds. The summed E-state index contributed by atoms with van der Waals surface area (Å²) in [5.74, 6) is 0. The third-order valence-electron chi connectivity index (χ3n) is 1.66. The summed E-state index contributed by atoms with van der Waals surface area (Å²) in [6.45, 7) is 3.77. The van der Waals surface area contributed by atoms with Gasteiger partial charge in [0, 0.05) is 18.3 Å². The molecule has 3 heteroatoms. The fraction of sp³-hybridized carbons (Fsp3) is 0.375. The molecule has 0 saturated carbocycles. The highest BCUT2D eigenvalue weighted by atomic mass is 16.1. The van der Waals surface area contributed by atoms with Crippen molar-refractivity contribution in [2.75, 3.05) is 0 Å². The van der Waals surface area contributed by atoms with Crippen LogP contribution >= 0.6 is 0 Å². The number of aryl methyl sites for hydroxylation is 1. The van der Waals surface area contributed by atoms with Gasteiger partial charge in [0.15, 0.2) is 0 Å². The number of aromatic nitrogens is 1. The fourth-order valence-corrected chi connectivity index (χ4v) is 1.07. The predicted octanol–water partition coefficient (Wildman–Crippen LogP) is 0.703. The van der Waals surface area contributed by atoms with Crippen molar-refractivity contribution in [3.05, 3.63) is 33.7 Å². The molecule has 1 aromatic rings. The van der Waals surface area contributed by atoms with Crippen LogP contribution in [0.25, 0.3) is 0 Å². The zero-order chi connectivity index (χ0) is 8.43. The summed E-state index contributed by atoms with van der Waals surface area (Å²) < 4.78 is 0. The maximum Gasteiger partial charge on any atom is 0.248 e. The van der Waals surface area contributed by atoms with E-state index in [1.54, 1.807) is 12.3 Å². The largest absolute Gasteiger partial charge is 0.329 e. The highest BCUT2D eigenvalue weighted by molar-refractivity contribution is 5.23. The Morgan fingerprint density at radius 2 is 2.27 bits per heavy atom. The maximum atomic E-state index is 10.8. The van der Waals surface area contributed by atoms with Crippen molar-refractivity contribution in [2.24, 2.45) is 5.73 Å². The lowest BCUT2D eigenvalue weighted by Crippen LogP contribution is -2.12. The molecule has 0 aliphatic carbocycles. The van der Waals surface area contributed by atoms with Gasteiger partial charge in [0.1, 0.15) is 0 Å². The number of nitrogens with one attached hydrogen (secondary N) is 1. The van der Waals surface area contributed by atoms with E-state index in [9.17, 15) is 4.79 Å². The normalized spacial score (nSPS) is 13.0. The Morgan fingerprint density at radius 1 is 1.64 bits per heavy atom. The van der Waals surface area contributed by atoms with Gasteiger partial charge in [0.2, 0.25) is 5.56 Å². The molecule has 0 saturated heterocycles. The van der Waals surface area contributed by atoms with E-state index >= 15 is 0 Å². The molecule has 0 radical (unpaired) electrons. The molecule has 11 heavy (non-hydrogen) atoms. The van der Waals surface area contributed by atoms with Crippen LogP contribution in [0.3, 0.4) is 0 Å². The zero-order valence-corrected chi connectivity index (χ0v) is 6.72. The molecular weight excluding hydrogens is 140 g/mol. The average Bonchev–Trinajstić information content (AvgIpc) is 1.85. The van der Waals surface area contributed by atoms with E-state index in [4.69, 9.17) is 5.73 Å². The van der Waals surface area contributed by atoms with Crippen molar-refractivity contribution < 1.29 is 0 Å². The molecular formula is C8H12N2O. The lowest BCUT2D eigenvalue weighted by atomic mass is 10.1. The Balaban J connectivity index is 3.20. The van der Waals surface area contributed by atoms with E-state index in [-0.39, 0.29) is 11.6 Å². The number of aromatic amines is 1. The molecule has 1 aromatic heterocycles. The van der Waals surface area contributed by atoms with E-state index in [1.165, 1.54) is 0 Å². The standard InChI is InChI=1S/C8H12N2O/c1-5-3-8(11)10-4-7(5)6(2)9/h3-4,6H,9H2,1-2H3,(H,10,11). The Bertz CT molecular complexity index is 301. The molecule has 1 atom stereocenters. The van der Waals surface area contributed by atoms with E-state index in [2.05, 4.69) is 4.98 Å². The van der Waals surface area contributed by atoms with Crippen LogP contribution in [0.4, 0.5) is 0 Å². The second-order valence-electron chi connectivity index (χ2n) is 2.72. The van der Waals surface area contributed by atoms with Crippen molar-refractivity contribution in [1.82, 2.24) is 4.98 Å². The summed E-state index contributed by atoms with van der Waals surface area (Å²) in [7, 11) is 0. The van der Waals surface area contributed by atoms with E-state index in [0.29, 0.717) is 0 Å². The molecule has 0 fully saturated rings. The Morgan fingerprint density at radius 3 is 2.73 bits per heavy atom. The van der Waals surface area contributed by atoms with Gasteiger partial charge in [-0.3, -0.25) is 4.79 Å². The minimum Gasteiger partial charge on any atom is -0.329 e. The molecule has 1 rings (SSSR count). The molecule has 0 aromatic carbocycles. The molecule has 1 unspecified atom stereocenters. The topological polar surface area (TPSA) is 58.9 Å². The van der Waals surface area contributed by atoms with Crippen LogP contribution in [0.2, 0.25) is 0 Å². The highest BCUT2D eigenvalue weighted by Gasteiger charge is 2.02. The molecule has 1 heterocycles. The fourth-order valence-electron chi connectivity index (χ4n) is 1.07. The first-order valence-electron chi connectivity index (χ1n) is 3.56. The van der Waals surface area contributed by atoms with Gasteiger partial charge in [-0.2, -0.15) is 0 Å². The summed E-state index contributed by atoms with van der Waals surface area (Å²) in [5, 5.41) is 0. The van der Waals surface area contributed by atoms with Crippen LogP contribution in [0.1, 0.15) is 24.1 Å². The minimum absolute atomic E-state index is 0.0214.